The van der Waals surface area contributed by atoms with E-state index in [4.69, 9.17) is 4.74 Å². The maximum atomic E-state index is 13.5. The van der Waals surface area contributed by atoms with Crippen molar-refractivity contribution in [1.29, 1.82) is 0 Å². The molecule has 0 aliphatic rings. The van der Waals surface area contributed by atoms with Crippen LogP contribution in [0.3, 0.4) is 0 Å². The minimum absolute atomic E-state index is 0.0140. The van der Waals surface area contributed by atoms with Crippen LogP contribution in [0.5, 0.6) is 5.75 Å². The number of methoxy groups -OCH3 is 1. The molecule has 1 N–H and O–H groups in total. The van der Waals surface area contributed by atoms with Crippen molar-refractivity contribution in [2.75, 3.05) is 17.7 Å². The number of nitrogens with zero attached hydrogens (tertiary/aromatic N) is 3. The van der Waals surface area contributed by atoms with Gasteiger partial charge in [-0.1, -0.05) is 42.1 Å². The highest BCUT2D eigenvalue weighted by Crippen LogP contribution is 2.29. The van der Waals surface area contributed by atoms with Crippen LogP contribution >= 0.6 is 11.8 Å². The number of anilines is 1. The summed E-state index contributed by atoms with van der Waals surface area (Å²) in [6, 6.07) is 14.7. The van der Waals surface area contributed by atoms with E-state index in [1.165, 1.54) is 43.1 Å². The zero-order valence-electron chi connectivity index (χ0n) is 16.2. The van der Waals surface area contributed by atoms with E-state index in [1.807, 2.05) is 6.07 Å². The predicted molar refractivity (Wildman–Crippen MR) is 114 cm³/mol. The monoisotopic (exact) mass is 445 g/mol. The minimum atomic E-state index is -4.14. The molecule has 0 fully saturated rings. The molecule has 0 aliphatic heterocycles. The Morgan fingerprint density at radius 1 is 1.13 bits per heavy atom. The lowest BCUT2D eigenvalue weighted by atomic mass is 10.2. The fourth-order valence-electron chi connectivity index (χ4n) is 2.69. The topological polar surface area (TPSA) is 110 Å². The third kappa shape index (κ3) is 4.55. The van der Waals surface area contributed by atoms with E-state index in [1.54, 1.807) is 30.5 Å². The predicted octanol–water partition coefficient (Wildman–Crippen LogP) is 3.30. The Kier molecular flexibility index (Phi) is 6.58. The highest BCUT2D eigenvalue weighted by atomic mass is 32.2. The van der Waals surface area contributed by atoms with Gasteiger partial charge in [0.15, 0.2) is 11.0 Å². The third-order valence-corrected chi connectivity index (χ3v) is 6.52. The van der Waals surface area contributed by atoms with Crippen LogP contribution < -0.4 is 9.04 Å². The van der Waals surface area contributed by atoms with Crippen molar-refractivity contribution in [1.82, 2.24) is 9.97 Å². The Hall–Kier alpha value is -3.11. The van der Waals surface area contributed by atoms with Gasteiger partial charge in [-0.25, -0.2) is 27.5 Å². The average Bonchev–Trinajstić information content (AvgIpc) is 2.77. The van der Waals surface area contributed by atoms with Gasteiger partial charge in [-0.05, 0) is 36.1 Å². The second-order valence-corrected chi connectivity index (χ2v) is 8.71. The zero-order valence-corrected chi connectivity index (χ0v) is 17.9. The Balaban J connectivity index is 2.19. The van der Waals surface area contributed by atoms with Crippen LogP contribution in [0.25, 0.3) is 0 Å². The Labute approximate surface area is 178 Å². The lowest BCUT2D eigenvalue weighted by Gasteiger charge is -2.25. The van der Waals surface area contributed by atoms with Crippen LogP contribution in [0.15, 0.2) is 70.8 Å². The van der Waals surface area contributed by atoms with Gasteiger partial charge in [-0.15, -0.1) is 0 Å². The first-order chi connectivity index (χ1) is 14.4. The number of aromatic carboxylic acids is 1. The van der Waals surface area contributed by atoms with Crippen molar-refractivity contribution < 1.29 is 23.1 Å². The normalized spacial score (nSPS) is 11.1. The van der Waals surface area contributed by atoms with E-state index in [0.717, 1.165) is 10.5 Å². The summed E-state index contributed by atoms with van der Waals surface area (Å²) in [6.45, 7) is -0.0969. The number of hydrogen-bond donors (Lipinski definition) is 1. The summed E-state index contributed by atoms with van der Waals surface area (Å²) in [4.78, 5) is 20.0. The van der Waals surface area contributed by atoms with Crippen LogP contribution in [-0.2, 0) is 16.6 Å². The maximum absolute atomic E-state index is 13.5. The van der Waals surface area contributed by atoms with E-state index in [2.05, 4.69) is 9.97 Å². The van der Waals surface area contributed by atoms with E-state index in [-0.39, 0.29) is 28.0 Å². The first kappa shape index (κ1) is 21.6. The molecule has 156 valence electrons. The number of ether oxygens (including phenoxy) is 1. The van der Waals surface area contributed by atoms with Gasteiger partial charge in [-0.2, -0.15) is 0 Å². The maximum Gasteiger partial charge on any atom is 0.341 e. The first-order valence-electron chi connectivity index (χ1n) is 8.72. The second-order valence-electron chi connectivity index (χ2n) is 6.07. The minimum Gasteiger partial charge on any atom is -0.497 e. The fraction of sp³-hybridized carbons (Fsp3) is 0.150. The molecule has 0 bridgehead atoms. The summed E-state index contributed by atoms with van der Waals surface area (Å²) in [5, 5.41) is 9.89. The van der Waals surface area contributed by atoms with Crippen molar-refractivity contribution >= 4 is 33.6 Å². The molecule has 0 atom stereocenters. The van der Waals surface area contributed by atoms with E-state index in [0.29, 0.717) is 11.3 Å². The Morgan fingerprint density at radius 3 is 2.37 bits per heavy atom. The van der Waals surface area contributed by atoms with Gasteiger partial charge in [0, 0.05) is 6.20 Å². The van der Waals surface area contributed by atoms with Crippen molar-refractivity contribution in [3.05, 3.63) is 71.9 Å². The third-order valence-electron chi connectivity index (χ3n) is 4.21. The second kappa shape index (κ2) is 9.14. The number of rotatable bonds is 8. The standard InChI is InChI=1S/C20H19N3O5S2/c1-28-15-8-10-16(11-9-15)30(26,27)23(13-14-6-4-3-5-7-14)18-17(19(24)25)12-21-20(22-18)29-2/h3-12H,13H2,1-2H3,(H,24,25). The van der Waals surface area contributed by atoms with Gasteiger partial charge < -0.3 is 9.84 Å². The van der Waals surface area contributed by atoms with Gasteiger partial charge in [0.1, 0.15) is 11.3 Å². The van der Waals surface area contributed by atoms with Gasteiger partial charge in [0.05, 0.1) is 18.6 Å². The molecule has 1 aromatic heterocycles. The molecule has 10 heteroatoms. The molecule has 3 aromatic rings. The quantitative estimate of drug-likeness (QED) is 0.415. The Morgan fingerprint density at radius 2 is 1.80 bits per heavy atom. The lowest BCUT2D eigenvalue weighted by Crippen LogP contribution is -2.33. The summed E-state index contributed by atoms with van der Waals surface area (Å²) >= 11 is 1.19. The van der Waals surface area contributed by atoms with Crippen LogP contribution in [-0.4, -0.2) is 42.8 Å². The lowest BCUT2D eigenvalue weighted by molar-refractivity contribution is 0.0696. The molecule has 0 amide bonds. The molecule has 0 radical (unpaired) electrons. The van der Waals surface area contributed by atoms with Gasteiger partial charge >= 0.3 is 5.97 Å². The van der Waals surface area contributed by atoms with Crippen LogP contribution in [0.4, 0.5) is 5.82 Å². The summed E-state index contributed by atoms with van der Waals surface area (Å²) in [7, 11) is -2.66. The molecule has 0 saturated carbocycles. The molecular weight excluding hydrogens is 426 g/mol. The number of sulfonamides is 1. The molecule has 1 heterocycles. The molecular formula is C20H19N3O5S2. The first-order valence-corrected chi connectivity index (χ1v) is 11.4. The number of hydrogen-bond acceptors (Lipinski definition) is 7. The van der Waals surface area contributed by atoms with E-state index >= 15 is 0 Å². The van der Waals surface area contributed by atoms with E-state index < -0.39 is 16.0 Å². The van der Waals surface area contributed by atoms with Gasteiger partial charge in [0.2, 0.25) is 0 Å². The summed E-state index contributed by atoms with van der Waals surface area (Å²) < 4.78 is 33.2. The largest absolute Gasteiger partial charge is 0.497 e. The molecule has 0 spiro atoms. The van der Waals surface area contributed by atoms with Crippen LogP contribution in [0.1, 0.15) is 15.9 Å². The number of benzene rings is 2. The van der Waals surface area contributed by atoms with Gasteiger partial charge in [0.25, 0.3) is 10.0 Å². The smallest absolute Gasteiger partial charge is 0.341 e. The number of thioether (sulfide) groups is 1. The highest BCUT2D eigenvalue weighted by molar-refractivity contribution is 7.98. The highest BCUT2D eigenvalue weighted by Gasteiger charge is 2.30. The SMILES string of the molecule is COc1ccc(S(=O)(=O)N(Cc2ccccc2)c2nc(SC)ncc2C(=O)O)cc1. The van der Waals surface area contributed by atoms with Crippen molar-refractivity contribution in [2.45, 2.75) is 16.6 Å². The molecule has 0 aliphatic carbocycles. The van der Waals surface area contributed by atoms with Crippen molar-refractivity contribution in [2.24, 2.45) is 0 Å². The Bertz CT molecular complexity index is 1140. The number of carboxylic acid groups (broad SMARTS) is 1. The van der Waals surface area contributed by atoms with Crippen molar-refractivity contribution in [3.8, 4) is 5.75 Å². The summed E-state index contributed by atoms with van der Waals surface area (Å²) in [5.41, 5.74) is 0.371. The molecule has 3 rings (SSSR count). The summed E-state index contributed by atoms with van der Waals surface area (Å²) in [6.07, 6.45) is 2.84. The number of carboxylic acids is 1. The molecule has 2 aromatic carbocycles. The van der Waals surface area contributed by atoms with E-state index in [9.17, 15) is 18.3 Å². The number of aromatic nitrogens is 2. The fourth-order valence-corrected chi connectivity index (χ4v) is 4.45. The molecule has 0 unspecified atom stereocenters. The number of carbonyl (C=O) groups is 1. The molecule has 8 nitrogen and oxygen atoms in total. The average molecular weight is 446 g/mol. The van der Waals surface area contributed by atoms with Crippen molar-refractivity contribution in [3.63, 3.8) is 0 Å². The van der Waals surface area contributed by atoms with Gasteiger partial charge in [-0.3, -0.25) is 0 Å². The molecule has 0 saturated heterocycles. The molecule has 30 heavy (non-hydrogen) atoms. The van der Waals surface area contributed by atoms with Crippen LogP contribution in [0.2, 0.25) is 0 Å². The summed E-state index contributed by atoms with van der Waals surface area (Å²) in [5.74, 6) is -1.01. The van der Waals surface area contributed by atoms with Crippen LogP contribution in [0, 0.1) is 0 Å². The zero-order chi connectivity index (χ0) is 21.7.